The number of nitrogens with one attached hydrogen (secondary N) is 1. The molecule has 0 aromatic carbocycles. The van der Waals surface area contributed by atoms with Gasteiger partial charge >= 0.3 is 0 Å². The molecule has 0 bridgehead atoms. The molecule has 1 saturated heterocycles. The minimum Gasteiger partial charge on any atom is -0.317 e. The SMILES string of the molecule is CCNCC1CCCN(Cc2c(Cl)c(CC)nn2CC)C1. The topological polar surface area (TPSA) is 33.1 Å². The molecular formula is C16H29ClN4. The highest BCUT2D eigenvalue weighted by molar-refractivity contribution is 6.31. The largest absolute Gasteiger partial charge is 0.317 e. The first kappa shape index (κ1) is 16.8. The number of likely N-dealkylation sites (tertiary alicyclic amines) is 1. The van der Waals surface area contributed by atoms with E-state index in [2.05, 4.69) is 40.8 Å². The maximum atomic E-state index is 6.53. The van der Waals surface area contributed by atoms with E-state index < -0.39 is 0 Å². The molecule has 1 N–H and O–H groups in total. The third kappa shape index (κ3) is 4.21. The Morgan fingerprint density at radius 2 is 2.14 bits per heavy atom. The average molecular weight is 313 g/mol. The molecule has 0 spiro atoms. The molecule has 4 nitrogen and oxygen atoms in total. The van der Waals surface area contributed by atoms with Crippen LogP contribution in [0.25, 0.3) is 0 Å². The molecule has 2 heterocycles. The van der Waals surface area contributed by atoms with Gasteiger partial charge in [-0.15, -0.1) is 0 Å². The number of rotatable bonds is 7. The summed E-state index contributed by atoms with van der Waals surface area (Å²) in [5.74, 6) is 0.765. The van der Waals surface area contributed by atoms with E-state index in [4.69, 9.17) is 11.6 Å². The van der Waals surface area contributed by atoms with E-state index in [1.165, 1.54) is 31.6 Å². The van der Waals surface area contributed by atoms with Crippen LogP contribution in [0.3, 0.4) is 0 Å². The van der Waals surface area contributed by atoms with E-state index >= 15 is 0 Å². The molecule has 0 amide bonds. The van der Waals surface area contributed by atoms with Gasteiger partial charge in [-0.3, -0.25) is 9.58 Å². The van der Waals surface area contributed by atoms with Gasteiger partial charge in [0.2, 0.25) is 0 Å². The van der Waals surface area contributed by atoms with Crippen molar-refractivity contribution < 1.29 is 0 Å². The van der Waals surface area contributed by atoms with E-state index in [9.17, 15) is 0 Å². The first-order valence-corrected chi connectivity index (χ1v) is 8.74. The molecule has 1 unspecified atom stereocenters. The second kappa shape index (κ2) is 8.16. The summed E-state index contributed by atoms with van der Waals surface area (Å²) in [4.78, 5) is 2.54. The summed E-state index contributed by atoms with van der Waals surface area (Å²) in [7, 11) is 0. The van der Waals surface area contributed by atoms with E-state index in [0.717, 1.165) is 49.2 Å². The molecule has 120 valence electrons. The summed E-state index contributed by atoms with van der Waals surface area (Å²) in [6.45, 7) is 12.8. The quantitative estimate of drug-likeness (QED) is 0.840. The molecule has 0 aliphatic carbocycles. The summed E-state index contributed by atoms with van der Waals surface area (Å²) < 4.78 is 2.08. The third-order valence-corrected chi connectivity index (χ3v) is 4.79. The summed E-state index contributed by atoms with van der Waals surface area (Å²) in [5, 5.41) is 8.99. The number of piperidine rings is 1. The average Bonchev–Trinajstić information content (AvgIpc) is 2.81. The molecule has 5 heteroatoms. The number of hydrogen-bond acceptors (Lipinski definition) is 3. The van der Waals surface area contributed by atoms with Crippen LogP contribution >= 0.6 is 11.6 Å². The predicted molar refractivity (Wildman–Crippen MR) is 88.8 cm³/mol. The monoisotopic (exact) mass is 312 g/mol. The van der Waals surface area contributed by atoms with Crippen LogP contribution in [0.15, 0.2) is 0 Å². The van der Waals surface area contributed by atoms with Crippen molar-refractivity contribution in [2.75, 3.05) is 26.2 Å². The normalized spacial score (nSPS) is 20.1. The summed E-state index contributed by atoms with van der Waals surface area (Å²) in [6, 6.07) is 0. The fraction of sp³-hybridized carbons (Fsp3) is 0.812. The standard InChI is InChI=1S/C16H29ClN4/c1-4-14-16(17)15(21(6-3)19-14)12-20-9-7-8-13(11-20)10-18-5-2/h13,18H,4-12H2,1-3H3. The van der Waals surface area contributed by atoms with Crippen molar-refractivity contribution in [3.63, 3.8) is 0 Å². The summed E-state index contributed by atoms with van der Waals surface area (Å²) in [5.41, 5.74) is 2.23. The van der Waals surface area contributed by atoms with Crippen LogP contribution in [0, 0.1) is 5.92 Å². The second-order valence-electron chi connectivity index (χ2n) is 5.93. The Morgan fingerprint density at radius 1 is 1.33 bits per heavy atom. The zero-order valence-corrected chi connectivity index (χ0v) is 14.4. The second-order valence-corrected chi connectivity index (χ2v) is 6.31. The molecule has 1 atom stereocenters. The van der Waals surface area contributed by atoms with E-state index in [0.29, 0.717) is 0 Å². The molecule has 0 radical (unpaired) electrons. The van der Waals surface area contributed by atoms with Crippen LogP contribution in [0.4, 0.5) is 0 Å². The van der Waals surface area contributed by atoms with Gasteiger partial charge in [-0.2, -0.15) is 5.10 Å². The van der Waals surface area contributed by atoms with Crippen molar-refractivity contribution in [1.29, 1.82) is 0 Å². The van der Waals surface area contributed by atoms with Gasteiger partial charge in [-0.05, 0) is 51.7 Å². The maximum absolute atomic E-state index is 6.53. The van der Waals surface area contributed by atoms with Gasteiger partial charge in [0.05, 0.1) is 16.4 Å². The maximum Gasteiger partial charge on any atom is 0.0863 e. The summed E-state index contributed by atoms with van der Waals surface area (Å²) >= 11 is 6.53. The van der Waals surface area contributed by atoms with Gasteiger partial charge in [-0.25, -0.2) is 0 Å². The fourth-order valence-corrected chi connectivity index (χ4v) is 3.52. The first-order chi connectivity index (χ1) is 10.2. The molecule has 1 aliphatic rings. The van der Waals surface area contributed by atoms with Gasteiger partial charge in [0.25, 0.3) is 0 Å². The highest BCUT2D eigenvalue weighted by Crippen LogP contribution is 2.25. The number of halogens is 1. The molecule has 1 aromatic rings. The zero-order valence-electron chi connectivity index (χ0n) is 13.7. The minimum absolute atomic E-state index is 0.765. The van der Waals surface area contributed by atoms with Crippen LogP contribution in [0.1, 0.15) is 45.0 Å². The van der Waals surface area contributed by atoms with E-state index in [1.807, 2.05) is 0 Å². The number of aromatic nitrogens is 2. The van der Waals surface area contributed by atoms with Gasteiger partial charge in [-0.1, -0.05) is 25.4 Å². The van der Waals surface area contributed by atoms with Crippen molar-refractivity contribution in [1.82, 2.24) is 20.0 Å². The van der Waals surface area contributed by atoms with Crippen LogP contribution in [-0.4, -0.2) is 40.9 Å². The lowest BCUT2D eigenvalue weighted by molar-refractivity contribution is 0.162. The van der Waals surface area contributed by atoms with Crippen LogP contribution in [0.5, 0.6) is 0 Å². The van der Waals surface area contributed by atoms with Crippen LogP contribution in [-0.2, 0) is 19.5 Å². The smallest absolute Gasteiger partial charge is 0.0863 e. The predicted octanol–water partition coefficient (Wildman–Crippen LogP) is 2.94. The lowest BCUT2D eigenvalue weighted by atomic mass is 9.98. The minimum atomic E-state index is 0.765. The first-order valence-electron chi connectivity index (χ1n) is 8.36. The van der Waals surface area contributed by atoms with Crippen molar-refractivity contribution in [3.8, 4) is 0 Å². The van der Waals surface area contributed by atoms with Crippen molar-refractivity contribution in [3.05, 3.63) is 16.4 Å². The Hall–Kier alpha value is -0.580. The Kier molecular flexibility index (Phi) is 6.52. The Balaban J connectivity index is 2.02. The molecule has 1 aromatic heterocycles. The zero-order chi connectivity index (χ0) is 15.2. The molecule has 1 fully saturated rings. The molecule has 21 heavy (non-hydrogen) atoms. The van der Waals surface area contributed by atoms with E-state index in [-0.39, 0.29) is 0 Å². The van der Waals surface area contributed by atoms with Crippen LogP contribution in [0.2, 0.25) is 5.02 Å². The van der Waals surface area contributed by atoms with Gasteiger partial charge in [0, 0.05) is 19.6 Å². The van der Waals surface area contributed by atoms with Gasteiger partial charge in [0.15, 0.2) is 0 Å². The highest BCUT2D eigenvalue weighted by Gasteiger charge is 2.22. The molecule has 2 rings (SSSR count). The Bertz CT molecular complexity index is 444. The molecule has 0 saturated carbocycles. The van der Waals surface area contributed by atoms with Crippen molar-refractivity contribution >= 4 is 11.6 Å². The molecular weight excluding hydrogens is 284 g/mol. The number of aryl methyl sites for hydroxylation is 2. The highest BCUT2D eigenvalue weighted by atomic mass is 35.5. The Labute approximate surface area is 133 Å². The van der Waals surface area contributed by atoms with Gasteiger partial charge in [0.1, 0.15) is 0 Å². The number of nitrogens with zero attached hydrogens (tertiary/aromatic N) is 3. The summed E-state index contributed by atoms with van der Waals surface area (Å²) in [6.07, 6.45) is 3.53. The third-order valence-electron chi connectivity index (χ3n) is 4.35. The lowest BCUT2D eigenvalue weighted by Gasteiger charge is -2.33. The van der Waals surface area contributed by atoms with Gasteiger partial charge < -0.3 is 5.32 Å². The molecule has 1 aliphatic heterocycles. The Morgan fingerprint density at radius 3 is 2.81 bits per heavy atom. The lowest BCUT2D eigenvalue weighted by Crippen LogP contribution is -2.39. The fourth-order valence-electron chi connectivity index (χ4n) is 3.19. The van der Waals surface area contributed by atoms with E-state index in [1.54, 1.807) is 0 Å². The van der Waals surface area contributed by atoms with Crippen molar-refractivity contribution in [2.45, 2.75) is 53.1 Å². The van der Waals surface area contributed by atoms with Crippen molar-refractivity contribution in [2.24, 2.45) is 5.92 Å². The number of hydrogen-bond donors (Lipinski definition) is 1. The van der Waals surface area contributed by atoms with Crippen LogP contribution < -0.4 is 5.32 Å².